The monoisotopic (exact) mass is 345 g/mol. The normalized spacial score (nSPS) is 10.4. The molecule has 1 rings (SSSR count). The fourth-order valence-electron chi connectivity index (χ4n) is 1.50. The van der Waals surface area contributed by atoms with Gasteiger partial charge in [-0.25, -0.2) is 0 Å². The van der Waals surface area contributed by atoms with Crippen LogP contribution in [0.5, 0.6) is 5.75 Å². The highest BCUT2D eigenvalue weighted by Crippen LogP contribution is 2.22. The van der Waals surface area contributed by atoms with Crippen molar-refractivity contribution in [3.8, 4) is 5.75 Å². The van der Waals surface area contributed by atoms with Gasteiger partial charge in [0.2, 0.25) is 0 Å². The van der Waals surface area contributed by atoms with Gasteiger partial charge in [0.25, 0.3) is 5.91 Å². The lowest BCUT2D eigenvalue weighted by Crippen LogP contribution is -2.37. The summed E-state index contributed by atoms with van der Waals surface area (Å²) in [6, 6.07) is 5.07. The number of carbonyl (C=O) groups excluding carboxylic acids is 1. The predicted octanol–water partition coefficient (Wildman–Crippen LogP) is 3.03. The Kier molecular flexibility index (Phi) is 4.99. The third-order valence-electron chi connectivity index (χ3n) is 2.40. The number of nitrogens with zero attached hydrogens (tertiary/aromatic N) is 1. The van der Waals surface area contributed by atoms with E-state index in [0.29, 0.717) is 12.1 Å². The van der Waals surface area contributed by atoms with E-state index in [1.54, 1.807) is 29.2 Å². The Hall–Kier alpha value is -1.04. The summed E-state index contributed by atoms with van der Waals surface area (Å²) in [7, 11) is 0. The lowest BCUT2D eigenvalue weighted by molar-refractivity contribution is 0.0725. The molecule has 1 aromatic carbocycles. The highest BCUT2D eigenvalue weighted by Gasteiger charge is 2.20. The molecule has 17 heavy (non-hydrogen) atoms. The van der Waals surface area contributed by atoms with Gasteiger partial charge in [-0.3, -0.25) is 4.79 Å². The minimum atomic E-state index is -0.170. The summed E-state index contributed by atoms with van der Waals surface area (Å²) in [5.41, 5.74) is 0.340. The lowest BCUT2D eigenvalue weighted by Gasteiger charge is -2.25. The van der Waals surface area contributed by atoms with Gasteiger partial charge in [0, 0.05) is 16.2 Å². The molecule has 0 bridgehead atoms. The zero-order valence-electron chi connectivity index (χ0n) is 9.98. The molecular weight excluding hydrogens is 329 g/mol. The van der Waals surface area contributed by atoms with Crippen LogP contribution in [0.1, 0.15) is 24.2 Å². The van der Waals surface area contributed by atoms with E-state index in [4.69, 9.17) is 0 Å². The molecule has 3 nitrogen and oxygen atoms in total. The summed E-state index contributed by atoms with van der Waals surface area (Å²) >= 11 is 2.12. The molecule has 1 aromatic rings. The predicted molar refractivity (Wildman–Crippen MR) is 77.2 cm³/mol. The number of amides is 1. The number of halogens is 1. The van der Waals surface area contributed by atoms with E-state index in [9.17, 15) is 9.90 Å². The summed E-state index contributed by atoms with van der Waals surface area (Å²) in [6.45, 7) is 7.99. The van der Waals surface area contributed by atoms with Crippen molar-refractivity contribution in [3.63, 3.8) is 0 Å². The van der Waals surface area contributed by atoms with Gasteiger partial charge in [-0.05, 0) is 54.6 Å². The van der Waals surface area contributed by atoms with Crippen LogP contribution < -0.4 is 0 Å². The van der Waals surface area contributed by atoms with Gasteiger partial charge >= 0.3 is 0 Å². The first kappa shape index (κ1) is 14.0. The molecule has 0 aromatic heterocycles. The highest BCUT2D eigenvalue weighted by molar-refractivity contribution is 14.1. The molecule has 92 valence electrons. The van der Waals surface area contributed by atoms with Crippen LogP contribution in [-0.4, -0.2) is 28.5 Å². The van der Waals surface area contributed by atoms with Crippen molar-refractivity contribution in [2.45, 2.75) is 19.9 Å². The molecule has 1 amide bonds. The second-order valence-electron chi connectivity index (χ2n) is 4.00. The second kappa shape index (κ2) is 6.05. The van der Waals surface area contributed by atoms with Crippen LogP contribution in [0.2, 0.25) is 0 Å². The van der Waals surface area contributed by atoms with E-state index in [1.165, 1.54) is 0 Å². The number of phenolic OH excluding ortho intramolecular Hbond substituents is 1. The molecule has 0 fully saturated rings. The summed E-state index contributed by atoms with van der Waals surface area (Å²) in [4.78, 5) is 13.9. The molecular formula is C13H16INO2. The molecule has 0 aliphatic carbocycles. The Balaban J connectivity index is 3.08. The Morgan fingerprint density at radius 3 is 2.76 bits per heavy atom. The van der Waals surface area contributed by atoms with Crippen molar-refractivity contribution < 1.29 is 9.90 Å². The Labute approximate surface area is 115 Å². The zero-order chi connectivity index (χ0) is 13.0. The van der Waals surface area contributed by atoms with Gasteiger partial charge in [-0.15, -0.1) is 6.58 Å². The van der Waals surface area contributed by atoms with Crippen molar-refractivity contribution in [1.29, 1.82) is 0 Å². The number of aromatic hydroxyl groups is 1. The topological polar surface area (TPSA) is 40.5 Å². The summed E-state index contributed by atoms with van der Waals surface area (Å²) in [5, 5.41) is 9.73. The summed E-state index contributed by atoms with van der Waals surface area (Å²) in [5.74, 6) is -0.152. The maximum Gasteiger partial charge on any atom is 0.258 e. The number of phenols is 1. The smallest absolute Gasteiger partial charge is 0.258 e. The van der Waals surface area contributed by atoms with Gasteiger partial charge in [-0.1, -0.05) is 6.08 Å². The molecule has 0 saturated heterocycles. The Morgan fingerprint density at radius 1 is 1.59 bits per heavy atom. The quantitative estimate of drug-likeness (QED) is 0.673. The van der Waals surface area contributed by atoms with E-state index in [1.807, 2.05) is 13.8 Å². The fourth-order valence-corrected chi connectivity index (χ4v) is 1.99. The minimum Gasteiger partial charge on any atom is -0.507 e. The van der Waals surface area contributed by atoms with Crippen LogP contribution in [-0.2, 0) is 0 Å². The lowest BCUT2D eigenvalue weighted by atomic mass is 10.1. The number of hydrogen-bond acceptors (Lipinski definition) is 2. The van der Waals surface area contributed by atoms with Crippen LogP contribution in [0, 0.1) is 3.57 Å². The first-order valence-electron chi connectivity index (χ1n) is 5.37. The van der Waals surface area contributed by atoms with Gasteiger partial charge < -0.3 is 10.0 Å². The molecule has 0 heterocycles. The van der Waals surface area contributed by atoms with Gasteiger partial charge in [0.05, 0.1) is 5.56 Å². The van der Waals surface area contributed by atoms with E-state index >= 15 is 0 Å². The van der Waals surface area contributed by atoms with E-state index in [-0.39, 0.29) is 17.7 Å². The van der Waals surface area contributed by atoms with Crippen molar-refractivity contribution in [3.05, 3.63) is 40.0 Å². The second-order valence-corrected chi connectivity index (χ2v) is 5.25. The molecule has 0 radical (unpaired) electrons. The number of rotatable bonds is 4. The first-order valence-corrected chi connectivity index (χ1v) is 6.45. The van der Waals surface area contributed by atoms with Crippen LogP contribution in [0.4, 0.5) is 0 Å². The number of hydrogen-bond donors (Lipinski definition) is 1. The Bertz CT molecular complexity index is 429. The van der Waals surface area contributed by atoms with Crippen molar-refractivity contribution in [2.24, 2.45) is 0 Å². The summed E-state index contributed by atoms with van der Waals surface area (Å²) < 4.78 is 0.922. The molecule has 0 saturated carbocycles. The Morgan fingerprint density at radius 2 is 2.24 bits per heavy atom. The third kappa shape index (κ3) is 3.46. The van der Waals surface area contributed by atoms with Gasteiger partial charge in [0.1, 0.15) is 5.75 Å². The van der Waals surface area contributed by atoms with E-state index in [2.05, 4.69) is 29.2 Å². The van der Waals surface area contributed by atoms with Crippen LogP contribution in [0.3, 0.4) is 0 Å². The third-order valence-corrected chi connectivity index (χ3v) is 3.07. The molecule has 0 atom stereocenters. The van der Waals surface area contributed by atoms with Gasteiger partial charge in [-0.2, -0.15) is 0 Å². The molecule has 0 spiro atoms. The number of benzene rings is 1. The molecule has 0 unspecified atom stereocenters. The largest absolute Gasteiger partial charge is 0.507 e. The standard InChI is InChI=1S/C13H16INO2/c1-4-7-15(9(2)3)13(17)11-8-10(14)5-6-12(11)16/h4-6,8-9,16H,1,7H2,2-3H3. The van der Waals surface area contributed by atoms with Crippen LogP contribution in [0.25, 0.3) is 0 Å². The number of carbonyl (C=O) groups is 1. The van der Waals surface area contributed by atoms with Crippen LogP contribution in [0.15, 0.2) is 30.9 Å². The van der Waals surface area contributed by atoms with Crippen molar-refractivity contribution in [2.75, 3.05) is 6.54 Å². The zero-order valence-corrected chi connectivity index (χ0v) is 12.1. The maximum atomic E-state index is 12.3. The average molecular weight is 345 g/mol. The van der Waals surface area contributed by atoms with Crippen molar-refractivity contribution in [1.82, 2.24) is 4.90 Å². The molecule has 1 N–H and O–H groups in total. The maximum absolute atomic E-state index is 12.3. The first-order chi connectivity index (χ1) is 7.97. The molecule has 0 aliphatic heterocycles. The minimum absolute atomic E-state index is 0.0186. The molecule has 0 aliphatic rings. The highest BCUT2D eigenvalue weighted by atomic mass is 127. The van der Waals surface area contributed by atoms with Crippen LogP contribution >= 0.6 is 22.6 Å². The van der Waals surface area contributed by atoms with Crippen molar-refractivity contribution >= 4 is 28.5 Å². The fraction of sp³-hybridized carbons (Fsp3) is 0.308. The van der Waals surface area contributed by atoms with E-state index < -0.39 is 0 Å². The average Bonchev–Trinajstić information content (AvgIpc) is 2.28. The summed E-state index contributed by atoms with van der Waals surface area (Å²) in [6.07, 6.45) is 1.68. The SMILES string of the molecule is C=CCN(C(=O)c1cc(I)ccc1O)C(C)C. The van der Waals surface area contributed by atoms with E-state index in [0.717, 1.165) is 3.57 Å². The van der Waals surface area contributed by atoms with Gasteiger partial charge in [0.15, 0.2) is 0 Å². The molecule has 4 heteroatoms.